The van der Waals surface area contributed by atoms with Crippen LogP contribution in [0.2, 0.25) is 5.02 Å². The SMILES string of the molecule is O=C1NCCN(C(=O)c2ccc3c(c2)OCO3)C1c1ccc(Cl)cc1. The summed E-state index contributed by atoms with van der Waals surface area (Å²) in [4.78, 5) is 27.0. The fourth-order valence-corrected chi connectivity index (χ4v) is 3.18. The fourth-order valence-electron chi connectivity index (χ4n) is 3.06. The highest BCUT2D eigenvalue weighted by atomic mass is 35.5. The summed E-state index contributed by atoms with van der Waals surface area (Å²) in [5, 5.41) is 3.39. The summed E-state index contributed by atoms with van der Waals surface area (Å²) in [6.07, 6.45) is 0. The van der Waals surface area contributed by atoms with Crippen LogP contribution in [0.15, 0.2) is 42.5 Å². The smallest absolute Gasteiger partial charge is 0.255 e. The van der Waals surface area contributed by atoms with Crippen molar-refractivity contribution in [2.45, 2.75) is 6.04 Å². The summed E-state index contributed by atoms with van der Waals surface area (Å²) >= 11 is 5.93. The van der Waals surface area contributed by atoms with E-state index in [9.17, 15) is 9.59 Å². The molecule has 2 amide bonds. The van der Waals surface area contributed by atoms with Crippen LogP contribution in [0.3, 0.4) is 0 Å². The summed E-state index contributed by atoms with van der Waals surface area (Å²) in [6.45, 7) is 0.984. The Bertz CT molecular complexity index is 837. The van der Waals surface area contributed by atoms with E-state index in [-0.39, 0.29) is 18.6 Å². The van der Waals surface area contributed by atoms with E-state index in [0.29, 0.717) is 35.2 Å². The number of halogens is 1. The van der Waals surface area contributed by atoms with Crippen molar-refractivity contribution in [3.63, 3.8) is 0 Å². The van der Waals surface area contributed by atoms with E-state index in [0.717, 1.165) is 5.56 Å². The number of benzene rings is 2. The molecule has 2 aliphatic heterocycles. The second kappa shape index (κ2) is 6.29. The number of carbonyl (C=O) groups excluding carboxylic acids is 2. The van der Waals surface area contributed by atoms with Gasteiger partial charge in [0.05, 0.1) is 0 Å². The number of hydrogen-bond acceptors (Lipinski definition) is 4. The summed E-state index contributed by atoms with van der Waals surface area (Å²) < 4.78 is 10.6. The molecule has 2 aromatic rings. The molecular formula is C18H15ClN2O4. The van der Waals surface area contributed by atoms with Gasteiger partial charge in [0.2, 0.25) is 12.7 Å². The molecule has 1 atom stereocenters. The highest BCUT2D eigenvalue weighted by Crippen LogP contribution is 2.34. The Morgan fingerprint density at radius 3 is 2.68 bits per heavy atom. The molecule has 1 unspecified atom stereocenters. The van der Waals surface area contributed by atoms with Crippen LogP contribution in [0.25, 0.3) is 0 Å². The summed E-state index contributed by atoms with van der Waals surface area (Å²) in [5.74, 6) is 0.716. The van der Waals surface area contributed by atoms with Crippen molar-refractivity contribution >= 4 is 23.4 Å². The first-order valence-corrected chi connectivity index (χ1v) is 8.25. The number of rotatable bonds is 2. The van der Waals surface area contributed by atoms with Gasteiger partial charge in [0.1, 0.15) is 6.04 Å². The van der Waals surface area contributed by atoms with Crippen molar-refractivity contribution in [1.82, 2.24) is 10.2 Å². The Labute approximate surface area is 149 Å². The predicted octanol–water partition coefficient (Wildman–Crippen LogP) is 2.38. The number of piperazine rings is 1. The van der Waals surface area contributed by atoms with Crippen LogP contribution in [0.5, 0.6) is 11.5 Å². The van der Waals surface area contributed by atoms with Crippen LogP contribution < -0.4 is 14.8 Å². The number of carbonyl (C=O) groups is 2. The molecule has 4 rings (SSSR count). The van der Waals surface area contributed by atoms with Crippen LogP contribution in [0.1, 0.15) is 22.0 Å². The largest absolute Gasteiger partial charge is 0.454 e. The van der Waals surface area contributed by atoms with Gasteiger partial charge in [-0.25, -0.2) is 0 Å². The summed E-state index contributed by atoms with van der Waals surface area (Å²) in [6, 6.07) is 11.3. The molecule has 1 fully saturated rings. The molecule has 0 radical (unpaired) electrons. The Kier molecular flexibility index (Phi) is 3.97. The molecule has 1 saturated heterocycles. The third-order valence-corrected chi connectivity index (χ3v) is 4.53. The van der Waals surface area contributed by atoms with Gasteiger partial charge in [0.15, 0.2) is 11.5 Å². The molecule has 0 saturated carbocycles. The third-order valence-electron chi connectivity index (χ3n) is 4.28. The Morgan fingerprint density at radius 2 is 1.88 bits per heavy atom. The van der Waals surface area contributed by atoms with Gasteiger partial charge in [-0.3, -0.25) is 9.59 Å². The molecular weight excluding hydrogens is 344 g/mol. The van der Waals surface area contributed by atoms with Crippen molar-refractivity contribution in [1.29, 1.82) is 0 Å². The van der Waals surface area contributed by atoms with Crippen molar-refractivity contribution in [2.75, 3.05) is 19.9 Å². The summed E-state index contributed by atoms with van der Waals surface area (Å²) in [5.41, 5.74) is 1.17. The second-order valence-corrected chi connectivity index (χ2v) is 6.25. The van der Waals surface area contributed by atoms with Crippen molar-refractivity contribution < 1.29 is 19.1 Å². The van der Waals surface area contributed by atoms with Crippen molar-refractivity contribution in [3.8, 4) is 11.5 Å². The minimum absolute atomic E-state index is 0.145. The number of hydrogen-bond donors (Lipinski definition) is 1. The lowest BCUT2D eigenvalue weighted by Crippen LogP contribution is -2.52. The monoisotopic (exact) mass is 358 g/mol. The van der Waals surface area contributed by atoms with Crippen LogP contribution >= 0.6 is 11.6 Å². The molecule has 0 spiro atoms. The standard InChI is InChI=1S/C18H15ClN2O4/c19-13-4-1-11(2-5-13)16-17(22)20-7-8-21(16)18(23)12-3-6-14-15(9-12)25-10-24-14/h1-6,9,16H,7-8,10H2,(H,20,22). The molecule has 2 aromatic carbocycles. The van der Waals surface area contributed by atoms with E-state index in [1.165, 1.54) is 0 Å². The molecule has 0 aliphatic carbocycles. The van der Waals surface area contributed by atoms with Gasteiger partial charge in [0, 0.05) is 23.7 Å². The molecule has 2 aliphatic rings. The lowest BCUT2D eigenvalue weighted by Gasteiger charge is -2.35. The van der Waals surface area contributed by atoms with Gasteiger partial charge in [-0.15, -0.1) is 0 Å². The molecule has 25 heavy (non-hydrogen) atoms. The van der Waals surface area contributed by atoms with Crippen LogP contribution in [0, 0.1) is 0 Å². The quantitative estimate of drug-likeness (QED) is 0.895. The molecule has 1 N–H and O–H groups in total. The second-order valence-electron chi connectivity index (χ2n) is 5.81. The topological polar surface area (TPSA) is 67.9 Å². The maximum absolute atomic E-state index is 13.0. The number of amides is 2. The zero-order valence-corrected chi connectivity index (χ0v) is 14.0. The van der Waals surface area contributed by atoms with Crippen molar-refractivity contribution in [2.24, 2.45) is 0 Å². The first-order valence-electron chi connectivity index (χ1n) is 7.87. The van der Waals surface area contributed by atoms with Crippen LogP contribution in [-0.4, -0.2) is 36.6 Å². The van der Waals surface area contributed by atoms with E-state index in [1.807, 2.05) is 0 Å². The predicted molar refractivity (Wildman–Crippen MR) is 90.8 cm³/mol. The number of nitrogens with one attached hydrogen (secondary N) is 1. The third kappa shape index (κ3) is 2.89. The Morgan fingerprint density at radius 1 is 1.12 bits per heavy atom. The van der Waals surface area contributed by atoms with Gasteiger partial charge in [-0.2, -0.15) is 0 Å². The maximum atomic E-state index is 13.0. The lowest BCUT2D eigenvalue weighted by molar-refractivity contribution is -0.128. The Balaban J connectivity index is 1.67. The van der Waals surface area contributed by atoms with Gasteiger partial charge >= 0.3 is 0 Å². The highest BCUT2D eigenvalue weighted by molar-refractivity contribution is 6.30. The van der Waals surface area contributed by atoms with E-state index in [1.54, 1.807) is 47.4 Å². The van der Waals surface area contributed by atoms with Crippen molar-refractivity contribution in [3.05, 3.63) is 58.6 Å². The number of fused-ring (bicyclic) bond motifs is 1. The molecule has 0 aromatic heterocycles. The minimum Gasteiger partial charge on any atom is -0.454 e. The van der Waals surface area contributed by atoms with Gasteiger partial charge < -0.3 is 19.7 Å². The van der Waals surface area contributed by atoms with Gasteiger partial charge in [0.25, 0.3) is 5.91 Å². The Hall–Kier alpha value is -2.73. The molecule has 2 heterocycles. The number of nitrogens with zero attached hydrogens (tertiary/aromatic N) is 1. The fraction of sp³-hybridized carbons (Fsp3) is 0.222. The first kappa shape index (κ1) is 15.8. The molecule has 0 bridgehead atoms. The molecule has 6 nitrogen and oxygen atoms in total. The van der Waals surface area contributed by atoms with E-state index in [2.05, 4.69) is 5.32 Å². The lowest BCUT2D eigenvalue weighted by atomic mass is 10.0. The summed E-state index contributed by atoms with van der Waals surface area (Å²) in [7, 11) is 0. The average Bonchev–Trinajstić information content (AvgIpc) is 3.09. The normalized spacial score (nSPS) is 18.8. The maximum Gasteiger partial charge on any atom is 0.255 e. The zero-order valence-electron chi connectivity index (χ0n) is 13.2. The molecule has 128 valence electrons. The zero-order chi connectivity index (χ0) is 17.4. The number of ether oxygens (including phenoxy) is 2. The van der Waals surface area contributed by atoms with E-state index < -0.39 is 6.04 Å². The average molecular weight is 359 g/mol. The van der Waals surface area contributed by atoms with Crippen LogP contribution in [-0.2, 0) is 4.79 Å². The van der Waals surface area contributed by atoms with Crippen LogP contribution in [0.4, 0.5) is 0 Å². The minimum atomic E-state index is -0.691. The van der Waals surface area contributed by atoms with Gasteiger partial charge in [-0.05, 0) is 35.9 Å². The van der Waals surface area contributed by atoms with E-state index >= 15 is 0 Å². The highest BCUT2D eigenvalue weighted by Gasteiger charge is 2.35. The van der Waals surface area contributed by atoms with E-state index in [4.69, 9.17) is 21.1 Å². The first-order chi connectivity index (χ1) is 12.1. The van der Waals surface area contributed by atoms with Gasteiger partial charge in [-0.1, -0.05) is 23.7 Å². The molecule has 7 heteroatoms.